The molecule has 1 N–H and O–H groups in total. The van der Waals surface area contributed by atoms with Crippen LogP contribution in [-0.2, 0) is 0 Å². The van der Waals surface area contributed by atoms with E-state index < -0.39 is 0 Å². The van der Waals surface area contributed by atoms with Crippen molar-refractivity contribution in [2.75, 3.05) is 26.2 Å². The Labute approximate surface area is 106 Å². The summed E-state index contributed by atoms with van der Waals surface area (Å²) in [5.41, 5.74) is 0. The van der Waals surface area contributed by atoms with Crippen LogP contribution < -0.4 is 5.32 Å². The third-order valence-electron chi connectivity index (χ3n) is 5.33. The predicted molar refractivity (Wildman–Crippen MR) is 72.1 cm³/mol. The molecule has 98 valence electrons. The van der Waals surface area contributed by atoms with E-state index in [0.29, 0.717) is 0 Å². The number of nitrogens with zero attached hydrogens (tertiary/aromatic N) is 1. The summed E-state index contributed by atoms with van der Waals surface area (Å²) in [4.78, 5) is 2.76. The van der Waals surface area contributed by atoms with E-state index in [-0.39, 0.29) is 0 Å². The molecular weight excluding hydrogens is 208 g/mol. The van der Waals surface area contributed by atoms with Crippen LogP contribution in [0.3, 0.4) is 0 Å². The quantitative estimate of drug-likeness (QED) is 0.792. The maximum absolute atomic E-state index is 3.71. The Kier molecular flexibility index (Phi) is 3.72. The van der Waals surface area contributed by atoms with E-state index in [9.17, 15) is 0 Å². The van der Waals surface area contributed by atoms with E-state index in [1.807, 2.05) is 0 Å². The Balaban J connectivity index is 1.46. The summed E-state index contributed by atoms with van der Waals surface area (Å²) in [6.45, 7) is 7.78. The van der Waals surface area contributed by atoms with Gasteiger partial charge in [0.1, 0.15) is 0 Å². The molecular formula is C15H28N2. The maximum Gasteiger partial charge on any atom is 0.0235 e. The van der Waals surface area contributed by atoms with E-state index in [4.69, 9.17) is 0 Å². The molecule has 2 nitrogen and oxygen atoms in total. The highest BCUT2D eigenvalue weighted by Crippen LogP contribution is 2.31. The molecule has 2 heteroatoms. The minimum Gasteiger partial charge on any atom is -0.312 e. The van der Waals surface area contributed by atoms with Crippen LogP contribution in [0.5, 0.6) is 0 Å². The van der Waals surface area contributed by atoms with Crippen LogP contribution in [0.1, 0.15) is 45.4 Å². The predicted octanol–water partition coefficient (Wildman–Crippen LogP) is 2.50. The van der Waals surface area contributed by atoms with Gasteiger partial charge in [0.05, 0.1) is 0 Å². The molecule has 1 aliphatic carbocycles. The van der Waals surface area contributed by atoms with Gasteiger partial charge in [-0.15, -0.1) is 0 Å². The second-order valence-electron chi connectivity index (χ2n) is 6.81. The summed E-state index contributed by atoms with van der Waals surface area (Å²) in [7, 11) is 0. The second-order valence-corrected chi connectivity index (χ2v) is 6.81. The molecule has 0 aromatic heterocycles. The van der Waals surface area contributed by atoms with Crippen molar-refractivity contribution in [3.8, 4) is 0 Å². The molecule has 0 bridgehead atoms. The van der Waals surface area contributed by atoms with E-state index >= 15 is 0 Å². The van der Waals surface area contributed by atoms with Crippen molar-refractivity contribution in [2.24, 2.45) is 17.8 Å². The van der Waals surface area contributed by atoms with Crippen molar-refractivity contribution in [3.05, 3.63) is 0 Å². The standard InChI is InChI=1S/C15H28N2/c1-12-4-6-13(7-5-12)9-17-10-14-3-2-8-16-15(14)11-17/h12-16H,2-11H2,1H3. The van der Waals surface area contributed by atoms with E-state index in [0.717, 1.165) is 23.8 Å². The van der Waals surface area contributed by atoms with Crippen molar-refractivity contribution in [3.63, 3.8) is 0 Å². The molecule has 0 aromatic rings. The van der Waals surface area contributed by atoms with Crippen molar-refractivity contribution in [1.29, 1.82) is 0 Å². The molecule has 0 radical (unpaired) electrons. The topological polar surface area (TPSA) is 15.3 Å². The highest BCUT2D eigenvalue weighted by Gasteiger charge is 2.35. The molecule has 2 aliphatic heterocycles. The van der Waals surface area contributed by atoms with Gasteiger partial charge in [0.15, 0.2) is 0 Å². The third-order valence-corrected chi connectivity index (χ3v) is 5.33. The van der Waals surface area contributed by atoms with Gasteiger partial charge in [-0.25, -0.2) is 0 Å². The van der Waals surface area contributed by atoms with Crippen LogP contribution in [0.2, 0.25) is 0 Å². The molecule has 0 aromatic carbocycles. The summed E-state index contributed by atoms with van der Waals surface area (Å²) < 4.78 is 0. The first-order valence-electron chi connectivity index (χ1n) is 7.77. The molecule has 17 heavy (non-hydrogen) atoms. The normalized spacial score (nSPS) is 43.6. The van der Waals surface area contributed by atoms with Gasteiger partial charge in [0.25, 0.3) is 0 Å². The van der Waals surface area contributed by atoms with Gasteiger partial charge in [-0.05, 0) is 50.0 Å². The third kappa shape index (κ3) is 2.85. The SMILES string of the molecule is CC1CCC(CN2CC3CCCNC3C2)CC1. The van der Waals surface area contributed by atoms with Crippen molar-refractivity contribution >= 4 is 0 Å². The monoisotopic (exact) mass is 236 g/mol. The van der Waals surface area contributed by atoms with Gasteiger partial charge < -0.3 is 10.2 Å². The minimum absolute atomic E-state index is 0.825. The Bertz CT molecular complexity index is 231. The molecule has 2 heterocycles. The first kappa shape index (κ1) is 12.0. The lowest BCUT2D eigenvalue weighted by atomic mass is 9.83. The minimum atomic E-state index is 0.825. The summed E-state index contributed by atoms with van der Waals surface area (Å²) in [6.07, 6.45) is 8.79. The largest absolute Gasteiger partial charge is 0.312 e. The number of hydrogen-bond acceptors (Lipinski definition) is 2. The first-order chi connectivity index (χ1) is 8.31. The number of nitrogens with one attached hydrogen (secondary N) is 1. The van der Waals surface area contributed by atoms with Gasteiger partial charge in [0, 0.05) is 25.7 Å². The fraction of sp³-hybridized carbons (Fsp3) is 1.00. The zero-order valence-corrected chi connectivity index (χ0v) is 11.3. The van der Waals surface area contributed by atoms with Crippen LogP contribution in [0.4, 0.5) is 0 Å². The zero-order chi connectivity index (χ0) is 11.7. The number of rotatable bonds is 2. The Hall–Kier alpha value is -0.0800. The van der Waals surface area contributed by atoms with Crippen molar-refractivity contribution < 1.29 is 0 Å². The molecule has 0 spiro atoms. The second kappa shape index (κ2) is 5.27. The van der Waals surface area contributed by atoms with Gasteiger partial charge >= 0.3 is 0 Å². The zero-order valence-electron chi connectivity index (χ0n) is 11.3. The smallest absolute Gasteiger partial charge is 0.0235 e. The fourth-order valence-electron chi connectivity index (χ4n) is 4.16. The maximum atomic E-state index is 3.71. The molecule has 3 fully saturated rings. The number of piperidine rings is 1. The van der Waals surface area contributed by atoms with Crippen LogP contribution in [-0.4, -0.2) is 37.1 Å². The Morgan fingerprint density at radius 2 is 1.88 bits per heavy atom. The number of fused-ring (bicyclic) bond motifs is 1. The summed E-state index contributed by atoms with van der Waals surface area (Å²) in [6, 6.07) is 0.825. The highest BCUT2D eigenvalue weighted by molar-refractivity contribution is 4.92. The molecule has 2 atom stereocenters. The van der Waals surface area contributed by atoms with Crippen LogP contribution >= 0.6 is 0 Å². The lowest BCUT2D eigenvalue weighted by Gasteiger charge is -2.29. The van der Waals surface area contributed by atoms with Crippen LogP contribution in [0.25, 0.3) is 0 Å². The van der Waals surface area contributed by atoms with Gasteiger partial charge in [-0.2, -0.15) is 0 Å². The Morgan fingerprint density at radius 3 is 2.65 bits per heavy atom. The van der Waals surface area contributed by atoms with Gasteiger partial charge in [-0.1, -0.05) is 19.8 Å². The Morgan fingerprint density at radius 1 is 1.06 bits per heavy atom. The lowest BCUT2D eigenvalue weighted by molar-refractivity contribution is 0.204. The summed E-state index contributed by atoms with van der Waals surface area (Å²) in [5.74, 6) is 2.96. The van der Waals surface area contributed by atoms with Gasteiger partial charge in [-0.3, -0.25) is 0 Å². The molecule has 2 saturated heterocycles. The van der Waals surface area contributed by atoms with E-state index in [2.05, 4.69) is 17.1 Å². The average Bonchev–Trinajstić information content (AvgIpc) is 2.74. The molecule has 0 amide bonds. The molecule has 3 rings (SSSR count). The van der Waals surface area contributed by atoms with Crippen LogP contribution in [0.15, 0.2) is 0 Å². The fourth-order valence-corrected chi connectivity index (χ4v) is 4.16. The van der Waals surface area contributed by atoms with Crippen molar-refractivity contribution in [1.82, 2.24) is 10.2 Å². The number of hydrogen-bond donors (Lipinski definition) is 1. The molecule has 2 unspecified atom stereocenters. The summed E-state index contributed by atoms with van der Waals surface area (Å²) in [5, 5.41) is 3.71. The summed E-state index contributed by atoms with van der Waals surface area (Å²) >= 11 is 0. The van der Waals surface area contributed by atoms with Gasteiger partial charge in [0.2, 0.25) is 0 Å². The van der Waals surface area contributed by atoms with E-state index in [1.165, 1.54) is 64.7 Å². The number of likely N-dealkylation sites (tertiary alicyclic amines) is 1. The van der Waals surface area contributed by atoms with E-state index in [1.54, 1.807) is 0 Å². The van der Waals surface area contributed by atoms with Crippen LogP contribution in [0, 0.1) is 17.8 Å². The van der Waals surface area contributed by atoms with Crippen molar-refractivity contribution in [2.45, 2.75) is 51.5 Å². The first-order valence-corrected chi connectivity index (χ1v) is 7.77. The highest BCUT2D eigenvalue weighted by atomic mass is 15.2. The molecule has 3 aliphatic rings. The lowest BCUT2D eigenvalue weighted by Crippen LogP contribution is -2.40. The average molecular weight is 236 g/mol. The molecule has 1 saturated carbocycles.